The fourth-order valence-corrected chi connectivity index (χ4v) is 3.23. The predicted octanol–water partition coefficient (Wildman–Crippen LogP) is 2.14. The molecule has 0 bridgehead atoms. The lowest BCUT2D eigenvalue weighted by atomic mass is 9.84. The van der Waals surface area contributed by atoms with E-state index in [1.54, 1.807) is 0 Å². The maximum absolute atomic E-state index is 12.2. The zero-order chi connectivity index (χ0) is 15.6. The van der Waals surface area contributed by atoms with Crippen LogP contribution in [0.3, 0.4) is 0 Å². The minimum absolute atomic E-state index is 0.127. The van der Waals surface area contributed by atoms with Gasteiger partial charge in [0, 0.05) is 13.2 Å². The van der Waals surface area contributed by atoms with E-state index in [0.29, 0.717) is 25.7 Å². The Labute approximate surface area is 128 Å². The Balaban J connectivity index is 2.36. The molecule has 2 unspecified atom stereocenters. The maximum atomic E-state index is 12.2. The van der Waals surface area contributed by atoms with Gasteiger partial charge in [-0.3, -0.25) is 4.79 Å². The number of likely N-dealkylation sites (N-methyl/N-ethyl adjacent to an activating group) is 1. The molecule has 5 nitrogen and oxygen atoms in total. The van der Waals surface area contributed by atoms with Crippen molar-refractivity contribution < 1.29 is 19.0 Å². The molecule has 1 fully saturated rings. The van der Waals surface area contributed by atoms with Gasteiger partial charge in [-0.15, -0.1) is 0 Å². The fraction of sp³-hybridized carbons (Fsp3) is 0.938. The first-order valence-corrected chi connectivity index (χ1v) is 8.20. The van der Waals surface area contributed by atoms with Crippen LogP contribution in [0.15, 0.2) is 0 Å². The van der Waals surface area contributed by atoms with E-state index in [-0.39, 0.29) is 5.97 Å². The Morgan fingerprint density at radius 1 is 1.19 bits per heavy atom. The van der Waals surface area contributed by atoms with E-state index in [0.717, 1.165) is 45.3 Å². The molecule has 1 N–H and O–H groups in total. The second-order valence-corrected chi connectivity index (χ2v) is 5.60. The average molecular weight is 301 g/mol. The van der Waals surface area contributed by atoms with Gasteiger partial charge in [-0.25, -0.2) is 0 Å². The Hall–Kier alpha value is -0.650. The number of rotatable bonds is 11. The quantitative estimate of drug-likeness (QED) is 0.468. The van der Waals surface area contributed by atoms with Crippen molar-refractivity contribution >= 4 is 5.97 Å². The van der Waals surface area contributed by atoms with Gasteiger partial charge < -0.3 is 19.5 Å². The Morgan fingerprint density at radius 2 is 1.90 bits per heavy atom. The molecular weight excluding hydrogens is 270 g/mol. The van der Waals surface area contributed by atoms with Crippen LogP contribution in [0.1, 0.15) is 46.0 Å². The Bertz CT molecular complexity index is 298. The van der Waals surface area contributed by atoms with Crippen LogP contribution in [0.5, 0.6) is 0 Å². The molecule has 0 aromatic rings. The third-order valence-corrected chi connectivity index (χ3v) is 4.19. The largest absolute Gasteiger partial charge is 0.468 e. The van der Waals surface area contributed by atoms with Crippen molar-refractivity contribution in [3.05, 3.63) is 0 Å². The molecule has 0 aliphatic heterocycles. The summed E-state index contributed by atoms with van der Waals surface area (Å²) in [5, 5.41) is 3.37. The molecule has 1 saturated carbocycles. The summed E-state index contributed by atoms with van der Waals surface area (Å²) in [4.78, 5) is 12.2. The first-order chi connectivity index (χ1) is 10.2. The van der Waals surface area contributed by atoms with Gasteiger partial charge in [0.2, 0.25) is 0 Å². The number of methoxy groups -OCH3 is 1. The summed E-state index contributed by atoms with van der Waals surface area (Å²) in [7, 11) is 1.47. The van der Waals surface area contributed by atoms with E-state index in [9.17, 15) is 4.79 Å². The lowest BCUT2D eigenvalue weighted by molar-refractivity contribution is -0.150. The lowest BCUT2D eigenvalue weighted by Gasteiger charge is -2.33. The van der Waals surface area contributed by atoms with Gasteiger partial charge in [0.05, 0.1) is 20.3 Å². The van der Waals surface area contributed by atoms with Gasteiger partial charge in [0.1, 0.15) is 5.54 Å². The maximum Gasteiger partial charge on any atom is 0.326 e. The van der Waals surface area contributed by atoms with Crippen LogP contribution in [0.4, 0.5) is 0 Å². The van der Waals surface area contributed by atoms with Crippen molar-refractivity contribution in [2.75, 3.05) is 40.1 Å². The van der Waals surface area contributed by atoms with Gasteiger partial charge in [0.25, 0.3) is 0 Å². The molecule has 0 heterocycles. The molecule has 2 atom stereocenters. The van der Waals surface area contributed by atoms with E-state index < -0.39 is 5.54 Å². The van der Waals surface area contributed by atoms with Crippen LogP contribution in [0, 0.1) is 5.92 Å². The molecule has 21 heavy (non-hydrogen) atoms. The molecule has 0 radical (unpaired) electrons. The summed E-state index contributed by atoms with van der Waals surface area (Å²) < 4.78 is 16.0. The molecule has 0 amide bonds. The standard InChI is InChI=1S/C16H31NO4/c1-4-10-20-12-13-21-11-8-14-7-6-9-16(14,17-5-2)15(18)19-3/h14,17H,4-13H2,1-3H3. The third-order valence-electron chi connectivity index (χ3n) is 4.19. The van der Waals surface area contributed by atoms with Crippen LogP contribution in [-0.4, -0.2) is 51.6 Å². The monoisotopic (exact) mass is 301 g/mol. The summed E-state index contributed by atoms with van der Waals surface area (Å²) in [6.45, 7) is 7.63. The minimum Gasteiger partial charge on any atom is -0.468 e. The highest BCUT2D eigenvalue weighted by molar-refractivity contribution is 5.81. The van der Waals surface area contributed by atoms with Gasteiger partial charge in [0.15, 0.2) is 0 Å². The lowest BCUT2D eigenvalue weighted by Crippen LogP contribution is -2.55. The first kappa shape index (κ1) is 18.4. The molecule has 5 heteroatoms. The first-order valence-electron chi connectivity index (χ1n) is 8.20. The number of nitrogens with one attached hydrogen (secondary N) is 1. The highest BCUT2D eigenvalue weighted by atomic mass is 16.5. The number of hydrogen-bond donors (Lipinski definition) is 1. The van der Waals surface area contributed by atoms with Crippen molar-refractivity contribution in [3.8, 4) is 0 Å². The molecule has 1 aliphatic rings. The Kier molecular flexibility index (Phi) is 8.88. The van der Waals surface area contributed by atoms with Gasteiger partial charge in [-0.2, -0.15) is 0 Å². The zero-order valence-corrected chi connectivity index (χ0v) is 13.8. The fourth-order valence-electron chi connectivity index (χ4n) is 3.23. The topological polar surface area (TPSA) is 56.8 Å². The number of hydrogen-bond acceptors (Lipinski definition) is 5. The predicted molar refractivity (Wildman–Crippen MR) is 82.3 cm³/mol. The highest BCUT2D eigenvalue weighted by Crippen LogP contribution is 2.38. The third kappa shape index (κ3) is 5.24. The minimum atomic E-state index is -0.508. The molecule has 1 aliphatic carbocycles. The number of ether oxygens (including phenoxy) is 3. The van der Waals surface area contributed by atoms with Crippen LogP contribution in [-0.2, 0) is 19.0 Å². The van der Waals surface area contributed by atoms with Gasteiger partial charge in [-0.05, 0) is 38.1 Å². The molecule has 0 saturated heterocycles. The molecule has 124 valence electrons. The molecule has 0 spiro atoms. The van der Waals surface area contributed by atoms with Crippen molar-refractivity contribution in [2.24, 2.45) is 5.92 Å². The van der Waals surface area contributed by atoms with Crippen molar-refractivity contribution in [2.45, 2.75) is 51.5 Å². The molecule has 1 rings (SSSR count). The summed E-state index contributed by atoms with van der Waals surface area (Å²) >= 11 is 0. The van der Waals surface area contributed by atoms with Gasteiger partial charge >= 0.3 is 5.97 Å². The smallest absolute Gasteiger partial charge is 0.326 e. The van der Waals surface area contributed by atoms with Crippen LogP contribution in [0.25, 0.3) is 0 Å². The van der Waals surface area contributed by atoms with E-state index in [1.807, 2.05) is 6.92 Å². The number of carbonyl (C=O) groups excluding carboxylic acids is 1. The molecular formula is C16H31NO4. The van der Waals surface area contributed by atoms with Gasteiger partial charge in [-0.1, -0.05) is 20.3 Å². The van der Waals surface area contributed by atoms with E-state index in [4.69, 9.17) is 14.2 Å². The average Bonchev–Trinajstić information content (AvgIpc) is 2.90. The molecule has 0 aromatic carbocycles. The normalized spacial score (nSPS) is 25.2. The van der Waals surface area contributed by atoms with Crippen LogP contribution >= 0.6 is 0 Å². The van der Waals surface area contributed by atoms with E-state index in [1.165, 1.54) is 7.11 Å². The summed E-state index contributed by atoms with van der Waals surface area (Å²) in [5.41, 5.74) is -0.508. The van der Waals surface area contributed by atoms with Crippen LogP contribution in [0.2, 0.25) is 0 Å². The second kappa shape index (κ2) is 10.1. The van der Waals surface area contributed by atoms with Crippen molar-refractivity contribution in [1.82, 2.24) is 5.32 Å². The Morgan fingerprint density at radius 3 is 2.52 bits per heavy atom. The molecule has 0 aromatic heterocycles. The summed E-state index contributed by atoms with van der Waals surface area (Å²) in [6, 6.07) is 0. The van der Waals surface area contributed by atoms with Crippen LogP contribution < -0.4 is 5.32 Å². The SMILES string of the molecule is CCCOCCOCCC1CCCC1(NCC)C(=O)OC. The van der Waals surface area contributed by atoms with E-state index in [2.05, 4.69) is 12.2 Å². The second-order valence-electron chi connectivity index (χ2n) is 5.60. The summed E-state index contributed by atoms with van der Waals surface area (Å²) in [6.07, 6.45) is 4.89. The summed E-state index contributed by atoms with van der Waals surface area (Å²) in [5.74, 6) is 0.166. The highest BCUT2D eigenvalue weighted by Gasteiger charge is 2.48. The van der Waals surface area contributed by atoms with E-state index >= 15 is 0 Å². The van der Waals surface area contributed by atoms with Crippen molar-refractivity contribution in [3.63, 3.8) is 0 Å². The van der Waals surface area contributed by atoms with Crippen molar-refractivity contribution in [1.29, 1.82) is 0 Å². The number of carbonyl (C=O) groups is 1. The zero-order valence-electron chi connectivity index (χ0n) is 13.8. The number of esters is 1.